The molecule has 0 bridgehead atoms. The Hall–Kier alpha value is -5.44. The smallest absolute Gasteiger partial charge is 0.101 e. The molecular formula is C45H37NS. The Kier molecular flexibility index (Phi) is 8.44. The number of para-hydroxylation sites is 2. The summed E-state index contributed by atoms with van der Waals surface area (Å²) in [5.41, 5.74) is 6.35. The minimum Gasteiger partial charge on any atom is -0.301 e. The fraction of sp³-hybridized carbons (Fsp3) is 0.0667. The molecule has 0 aliphatic rings. The summed E-state index contributed by atoms with van der Waals surface area (Å²) in [6.45, 7) is 9.42. The zero-order valence-electron chi connectivity index (χ0n) is 27.1. The highest BCUT2D eigenvalue weighted by Gasteiger charge is 2.17. The van der Waals surface area contributed by atoms with Crippen LogP contribution >= 0.6 is 11.3 Å². The Balaban J connectivity index is 0.000000462. The lowest BCUT2D eigenvalue weighted by Gasteiger charge is -2.16. The number of thiophene rings is 1. The number of allylic oxidation sites excluding steroid dienone is 3. The number of rotatable bonds is 4. The molecule has 0 unspecified atom stereocenters. The van der Waals surface area contributed by atoms with Gasteiger partial charge in [-0.15, -0.1) is 11.3 Å². The Morgan fingerprint density at radius 1 is 0.532 bits per heavy atom. The first-order valence-electron chi connectivity index (χ1n) is 16.4. The van der Waals surface area contributed by atoms with E-state index in [4.69, 9.17) is 0 Å². The van der Waals surface area contributed by atoms with Crippen molar-refractivity contribution in [3.63, 3.8) is 0 Å². The summed E-state index contributed by atoms with van der Waals surface area (Å²) in [4.78, 5) is 1.29. The van der Waals surface area contributed by atoms with E-state index in [1.807, 2.05) is 44.3 Å². The number of nitrogens with zero attached hydrogens (tertiary/aromatic N) is 1. The lowest BCUT2D eigenvalue weighted by molar-refractivity contribution is 1.22. The molecule has 0 fully saturated rings. The predicted molar refractivity (Wildman–Crippen MR) is 210 cm³/mol. The Morgan fingerprint density at radius 3 is 1.64 bits per heavy atom. The van der Waals surface area contributed by atoms with Crippen molar-refractivity contribution in [3.8, 4) is 26.6 Å². The number of benzene rings is 7. The first kappa shape index (κ1) is 30.2. The van der Waals surface area contributed by atoms with Gasteiger partial charge in [-0.05, 0) is 80.2 Å². The lowest BCUT2D eigenvalue weighted by atomic mass is 9.88. The summed E-state index contributed by atoms with van der Waals surface area (Å²) >= 11 is 1.87. The van der Waals surface area contributed by atoms with Crippen LogP contribution in [0.4, 0.5) is 0 Å². The van der Waals surface area contributed by atoms with Crippen molar-refractivity contribution in [2.45, 2.75) is 20.8 Å². The van der Waals surface area contributed by atoms with Crippen LogP contribution < -0.4 is 0 Å². The van der Waals surface area contributed by atoms with Crippen molar-refractivity contribution in [3.05, 3.63) is 164 Å². The maximum Gasteiger partial charge on any atom is 0.101 e. The molecule has 1 nitrogen and oxygen atoms in total. The minimum absolute atomic E-state index is 1.24. The van der Waals surface area contributed by atoms with Gasteiger partial charge in [-0.25, -0.2) is 0 Å². The molecule has 0 N–H and O–H groups in total. The van der Waals surface area contributed by atoms with Gasteiger partial charge in [0, 0.05) is 15.6 Å². The molecule has 0 saturated heterocycles. The quantitative estimate of drug-likeness (QED) is 0.136. The Morgan fingerprint density at radius 2 is 1.06 bits per heavy atom. The molecule has 0 atom stereocenters. The standard InChI is InChI=1S/C38H23NS.C5H8.C2H6/c1-2-8-24(9-3-1)27-18-14-25-17-21-32-30(19-15-26-16-20-31(27)37(25)38(26)32)35-22-23-36(40-35)39-33-12-6-4-10-28(33)29-11-5-7-13-34(29)39;1-3-5-4-2;1-2/h1-23H;3-5H,1H2,2H3;1-2H3/b;5-4-;. The van der Waals surface area contributed by atoms with Gasteiger partial charge in [0.2, 0.25) is 0 Å². The first-order chi connectivity index (χ1) is 23.3. The van der Waals surface area contributed by atoms with Crippen LogP contribution in [0.2, 0.25) is 0 Å². The summed E-state index contributed by atoms with van der Waals surface area (Å²) < 4.78 is 2.42. The topological polar surface area (TPSA) is 4.93 Å². The predicted octanol–water partition coefficient (Wildman–Crippen LogP) is 13.9. The van der Waals surface area contributed by atoms with Crippen molar-refractivity contribution in [2.24, 2.45) is 0 Å². The molecule has 9 aromatic rings. The van der Waals surface area contributed by atoms with Gasteiger partial charge in [0.1, 0.15) is 5.00 Å². The van der Waals surface area contributed by atoms with E-state index >= 15 is 0 Å². The van der Waals surface area contributed by atoms with Crippen LogP contribution in [0.5, 0.6) is 0 Å². The van der Waals surface area contributed by atoms with Gasteiger partial charge in [-0.1, -0.05) is 154 Å². The van der Waals surface area contributed by atoms with Crippen molar-refractivity contribution in [1.29, 1.82) is 0 Å². The molecule has 0 radical (unpaired) electrons. The monoisotopic (exact) mass is 623 g/mol. The largest absolute Gasteiger partial charge is 0.301 e. The van der Waals surface area contributed by atoms with E-state index < -0.39 is 0 Å². The fourth-order valence-electron chi connectivity index (χ4n) is 6.77. The van der Waals surface area contributed by atoms with E-state index in [1.54, 1.807) is 6.08 Å². The third kappa shape index (κ3) is 5.21. The molecule has 7 aromatic carbocycles. The van der Waals surface area contributed by atoms with Crippen molar-refractivity contribution in [2.75, 3.05) is 0 Å². The second kappa shape index (κ2) is 13.1. The number of hydrogen-bond donors (Lipinski definition) is 0. The molecule has 2 heterocycles. The van der Waals surface area contributed by atoms with E-state index in [9.17, 15) is 0 Å². The number of aromatic nitrogens is 1. The summed E-state index contributed by atoms with van der Waals surface area (Å²) in [6, 6.07) is 51.1. The van der Waals surface area contributed by atoms with Crippen LogP contribution in [0.3, 0.4) is 0 Å². The highest BCUT2D eigenvalue weighted by atomic mass is 32.1. The molecule has 9 rings (SSSR count). The molecule has 0 amide bonds. The molecule has 0 aliphatic heterocycles. The second-order valence-electron chi connectivity index (χ2n) is 11.3. The normalized spacial score (nSPS) is 11.3. The summed E-state index contributed by atoms with van der Waals surface area (Å²) in [5, 5.41) is 11.8. The summed E-state index contributed by atoms with van der Waals surface area (Å²) in [6.07, 6.45) is 5.58. The third-order valence-electron chi connectivity index (χ3n) is 8.74. The van der Waals surface area contributed by atoms with E-state index in [-0.39, 0.29) is 0 Å². The first-order valence-corrected chi connectivity index (χ1v) is 17.2. The molecule has 2 aromatic heterocycles. The molecule has 0 saturated carbocycles. The molecular weight excluding hydrogens is 587 g/mol. The Bertz CT molecular complexity index is 2450. The van der Waals surface area contributed by atoms with Crippen LogP contribution in [0.1, 0.15) is 20.8 Å². The van der Waals surface area contributed by atoms with Gasteiger partial charge in [-0.2, -0.15) is 0 Å². The zero-order chi connectivity index (χ0) is 32.3. The van der Waals surface area contributed by atoms with Gasteiger partial charge >= 0.3 is 0 Å². The molecule has 0 spiro atoms. The van der Waals surface area contributed by atoms with Gasteiger partial charge in [0.25, 0.3) is 0 Å². The van der Waals surface area contributed by atoms with E-state index in [0.717, 1.165) is 0 Å². The minimum atomic E-state index is 1.24. The average molecular weight is 624 g/mol. The van der Waals surface area contributed by atoms with Gasteiger partial charge in [0.15, 0.2) is 0 Å². The van der Waals surface area contributed by atoms with Gasteiger partial charge in [-0.3, -0.25) is 0 Å². The maximum atomic E-state index is 3.46. The van der Waals surface area contributed by atoms with E-state index in [0.29, 0.717) is 0 Å². The van der Waals surface area contributed by atoms with Gasteiger partial charge < -0.3 is 4.57 Å². The maximum absolute atomic E-state index is 3.46. The van der Waals surface area contributed by atoms with Crippen LogP contribution in [0.15, 0.2) is 164 Å². The highest BCUT2D eigenvalue weighted by Crippen LogP contribution is 2.44. The third-order valence-corrected chi connectivity index (χ3v) is 9.84. The van der Waals surface area contributed by atoms with E-state index in [1.165, 1.54) is 80.7 Å². The molecule has 228 valence electrons. The molecule has 2 heteroatoms. The fourth-order valence-corrected chi connectivity index (χ4v) is 7.85. The molecule has 0 aliphatic carbocycles. The SMILES string of the molecule is C=C/C=C\C.CC.c1ccc(-c2ccc3ccc4c(-c5ccc(-n6c7ccccc7c7ccccc76)s5)ccc5ccc2c3c54)cc1. The number of fused-ring (bicyclic) bond motifs is 3. The average Bonchev–Trinajstić information content (AvgIpc) is 3.75. The summed E-state index contributed by atoms with van der Waals surface area (Å²) in [7, 11) is 0. The van der Waals surface area contributed by atoms with Gasteiger partial charge in [0.05, 0.1) is 11.0 Å². The Labute approximate surface area is 280 Å². The number of hydrogen-bond acceptors (Lipinski definition) is 1. The van der Waals surface area contributed by atoms with Crippen LogP contribution in [0.25, 0.3) is 80.7 Å². The van der Waals surface area contributed by atoms with Crippen molar-refractivity contribution < 1.29 is 0 Å². The highest BCUT2D eigenvalue weighted by molar-refractivity contribution is 7.18. The lowest BCUT2D eigenvalue weighted by Crippen LogP contribution is -1.89. The second-order valence-corrected chi connectivity index (χ2v) is 12.3. The zero-order valence-corrected chi connectivity index (χ0v) is 27.9. The van der Waals surface area contributed by atoms with Crippen LogP contribution in [-0.4, -0.2) is 4.57 Å². The molecule has 47 heavy (non-hydrogen) atoms. The van der Waals surface area contributed by atoms with Crippen molar-refractivity contribution in [1.82, 2.24) is 4.57 Å². The summed E-state index contributed by atoms with van der Waals surface area (Å²) in [5.74, 6) is 0. The van der Waals surface area contributed by atoms with Crippen molar-refractivity contribution >= 4 is 65.5 Å². The van der Waals surface area contributed by atoms with Crippen LogP contribution in [-0.2, 0) is 0 Å². The van der Waals surface area contributed by atoms with E-state index in [2.05, 4.69) is 151 Å². The van der Waals surface area contributed by atoms with Crippen LogP contribution in [0, 0.1) is 0 Å².